The number of anilines is 1. The Morgan fingerprint density at radius 1 is 1.07 bits per heavy atom. The molecule has 2 aromatic rings. The molecule has 1 aromatic carbocycles. The van der Waals surface area contributed by atoms with E-state index in [2.05, 4.69) is 49.4 Å². The number of piperidine rings is 1. The largest absolute Gasteiger partial charge is 0.350 e. The molecule has 2 aliphatic heterocycles. The number of likely N-dealkylation sites (tertiary alicyclic amines) is 1. The molecule has 0 unspecified atom stereocenters. The van der Waals surface area contributed by atoms with Crippen LogP contribution in [-0.4, -0.2) is 47.0 Å². The fourth-order valence-corrected chi connectivity index (χ4v) is 4.28. The summed E-state index contributed by atoms with van der Waals surface area (Å²) in [5.74, 6) is 1.06. The molecular weight excluding hydrogens is 362 g/mol. The molecule has 2 saturated heterocycles. The molecule has 1 N–H and O–H groups in total. The van der Waals surface area contributed by atoms with Crippen LogP contribution in [-0.2, 0) is 17.9 Å². The first-order chi connectivity index (χ1) is 14.2. The summed E-state index contributed by atoms with van der Waals surface area (Å²) in [5.41, 5.74) is 3.19. The van der Waals surface area contributed by atoms with Crippen molar-refractivity contribution < 1.29 is 4.79 Å². The Bertz CT molecular complexity index is 811. The van der Waals surface area contributed by atoms with Gasteiger partial charge < -0.3 is 10.2 Å². The van der Waals surface area contributed by atoms with E-state index in [4.69, 9.17) is 0 Å². The van der Waals surface area contributed by atoms with Gasteiger partial charge in [-0.05, 0) is 57.3 Å². The first kappa shape index (κ1) is 19.8. The standard InChI is InChI=1S/C23H31N5O/c1-18-15-21(26-23(25-18)28-11-5-6-12-28)16-24-22(29)20-9-13-27(14-10-20)17-19-7-3-2-4-8-19/h2-4,7-8,15,20H,5-6,9-14,16-17H2,1H3,(H,24,29). The second-order valence-electron chi connectivity index (χ2n) is 8.25. The lowest BCUT2D eigenvalue weighted by Gasteiger charge is -2.31. The maximum absolute atomic E-state index is 12.7. The fourth-order valence-electron chi connectivity index (χ4n) is 4.28. The minimum absolute atomic E-state index is 0.100. The maximum Gasteiger partial charge on any atom is 0.225 e. The van der Waals surface area contributed by atoms with Crippen molar-refractivity contribution in [1.82, 2.24) is 20.2 Å². The summed E-state index contributed by atoms with van der Waals surface area (Å²) in [7, 11) is 0. The monoisotopic (exact) mass is 393 g/mol. The van der Waals surface area contributed by atoms with Crippen molar-refractivity contribution in [1.29, 1.82) is 0 Å². The lowest BCUT2D eigenvalue weighted by atomic mass is 9.95. The van der Waals surface area contributed by atoms with E-state index in [-0.39, 0.29) is 11.8 Å². The highest BCUT2D eigenvalue weighted by Crippen LogP contribution is 2.20. The van der Waals surface area contributed by atoms with Crippen molar-refractivity contribution in [2.24, 2.45) is 5.92 Å². The molecule has 0 atom stereocenters. The van der Waals surface area contributed by atoms with Crippen LogP contribution in [0.3, 0.4) is 0 Å². The Balaban J connectivity index is 1.26. The highest BCUT2D eigenvalue weighted by Gasteiger charge is 2.25. The Morgan fingerprint density at radius 3 is 2.52 bits per heavy atom. The van der Waals surface area contributed by atoms with Crippen LogP contribution in [0, 0.1) is 12.8 Å². The van der Waals surface area contributed by atoms with E-state index in [1.165, 1.54) is 18.4 Å². The van der Waals surface area contributed by atoms with Crippen molar-refractivity contribution >= 4 is 11.9 Å². The molecule has 2 aliphatic rings. The second kappa shape index (κ2) is 9.35. The molecule has 0 aliphatic carbocycles. The topological polar surface area (TPSA) is 61.4 Å². The quantitative estimate of drug-likeness (QED) is 0.818. The van der Waals surface area contributed by atoms with Crippen LogP contribution >= 0.6 is 0 Å². The predicted molar refractivity (Wildman–Crippen MR) is 115 cm³/mol. The van der Waals surface area contributed by atoms with Crippen LogP contribution < -0.4 is 10.2 Å². The summed E-state index contributed by atoms with van der Waals surface area (Å²) >= 11 is 0. The van der Waals surface area contributed by atoms with Crippen LogP contribution in [0.1, 0.15) is 42.6 Å². The number of hydrogen-bond donors (Lipinski definition) is 1. The minimum atomic E-state index is 0.100. The lowest BCUT2D eigenvalue weighted by Crippen LogP contribution is -2.40. The third kappa shape index (κ3) is 5.32. The van der Waals surface area contributed by atoms with Crippen LogP contribution in [0.25, 0.3) is 0 Å². The van der Waals surface area contributed by atoms with Gasteiger partial charge in [0, 0.05) is 31.2 Å². The molecule has 1 amide bonds. The number of hydrogen-bond acceptors (Lipinski definition) is 5. The van der Waals surface area contributed by atoms with Gasteiger partial charge in [0.2, 0.25) is 11.9 Å². The summed E-state index contributed by atoms with van der Waals surface area (Å²) in [6, 6.07) is 12.5. The number of carbonyl (C=O) groups excluding carboxylic acids is 1. The summed E-state index contributed by atoms with van der Waals surface area (Å²) < 4.78 is 0. The van der Waals surface area contributed by atoms with Gasteiger partial charge in [-0.15, -0.1) is 0 Å². The summed E-state index contributed by atoms with van der Waals surface area (Å²) in [6.07, 6.45) is 4.24. The Labute approximate surface area is 173 Å². The lowest BCUT2D eigenvalue weighted by molar-refractivity contribution is -0.126. The van der Waals surface area contributed by atoms with Crippen LogP contribution in [0.15, 0.2) is 36.4 Å². The molecule has 0 saturated carbocycles. The first-order valence-corrected chi connectivity index (χ1v) is 10.8. The van der Waals surface area contributed by atoms with E-state index in [0.717, 1.165) is 62.9 Å². The molecule has 154 valence electrons. The van der Waals surface area contributed by atoms with Gasteiger partial charge >= 0.3 is 0 Å². The second-order valence-corrected chi connectivity index (χ2v) is 8.25. The van der Waals surface area contributed by atoms with Crippen LogP contribution in [0.2, 0.25) is 0 Å². The maximum atomic E-state index is 12.7. The van der Waals surface area contributed by atoms with Gasteiger partial charge in [0.25, 0.3) is 0 Å². The van der Waals surface area contributed by atoms with E-state index in [0.29, 0.717) is 6.54 Å². The van der Waals surface area contributed by atoms with Crippen LogP contribution in [0.4, 0.5) is 5.95 Å². The number of amides is 1. The van der Waals surface area contributed by atoms with E-state index in [9.17, 15) is 4.79 Å². The van der Waals surface area contributed by atoms with Gasteiger partial charge in [0.15, 0.2) is 0 Å². The van der Waals surface area contributed by atoms with Gasteiger partial charge in [-0.3, -0.25) is 9.69 Å². The van der Waals surface area contributed by atoms with Crippen LogP contribution in [0.5, 0.6) is 0 Å². The van der Waals surface area contributed by atoms with Crippen molar-refractivity contribution in [2.45, 2.75) is 45.7 Å². The van der Waals surface area contributed by atoms with E-state index >= 15 is 0 Å². The zero-order chi connectivity index (χ0) is 20.1. The van der Waals surface area contributed by atoms with Gasteiger partial charge in [-0.25, -0.2) is 9.97 Å². The Morgan fingerprint density at radius 2 is 1.79 bits per heavy atom. The van der Waals surface area contributed by atoms with Gasteiger partial charge in [0.1, 0.15) is 0 Å². The molecule has 0 spiro atoms. The number of rotatable bonds is 6. The highest BCUT2D eigenvalue weighted by molar-refractivity contribution is 5.78. The third-order valence-corrected chi connectivity index (χ3v) is 5.94. The number of nitrogens with zero attached hydrogens (tertiary/aromatic N) is 4. The SMILES string of the molecule is Cc1cc(CNC(=O)C2CCN(Cc3ccccc3)CC2)nc(N2CCCC2)n1. The van der Waals surface area contributed by atoms with E-state index < -0.39 is 0 Å². The Hall–Kier alpha value is -2.47. The Kier molecular flexibility index (Phi) is 6.39. The van der Waals surface area contributed by atoms with Gasteiger partial charge in [-0.2, -0.15) is 0 Å². The average molecular weight is 394 g/mol. The normalized spacial score (nSPS) is 18.2. The molecule has 3 heterocycles. The zero-order valence-corrected chi connectivity index (χ0v) is 17.3. The number of nitrogens with one attached hydrogen (secondary N) is 1. The molecule has 29 heavy (non-hydrogen) atoms. The fraction of sp³-hybridized carbons (Fsp3) is 0.522. The first-order valence-electron chi connectivity index (χ1n) is 10.8. The summed E-state index contributed by atoms with van der Waals surface area (Å²) in [5, 5.41) is 3.11. The number of carbonyl (C=O) groups is 1. The molecule has 6 heteroatoms. The average Bonchev–Trinajstić information content (AvgIpc) is 3.28. The summed E-state index contributed by atoms with van der Waals surface area (Å²) in [6.45, 7) is 7.43. The van der Waals surface area contributed by atoms with Crippen molar-refractivity contribution in [3.63, 3.8) is 0 Å². The van der Waals surface area contributed by atoms with Gasteiger partial charge in [0.05, 0.1) is 12.2 Å². The van der Waals surface area contributed by atoms with E-state index in [1.807, 2.05) is 19.1 Å². The molecular formula is C23H31N5O. The third-order valence-electron chi connectivity index (χ3n) is 5.94. The molecule has 4 rings (SSSR count). The number of benzene rings is 1. The minimum Gasteiger partial charge on any atom is -0.350 e. The highest BCUT2D eigenvalue weighted by atomic mass is 16.1. The molecule has 6 nitrogen and oxygen atoms in total. The number of aryl methyl sites for hydroxylation is 1. The zero-order valence-electron chi connectivity index (χ0n) is 17.3. The molecule has 0 radical (unpaired) electrons. The molecule has 2 fully saturated rings. The van der Waals surface area contributed by atoms with Crippen molar-refractivity contribution in [2.75, 3.05) is 31.1 Å². The molecule has 0 bridgehead atoms. The number of aromatic nitrogens is 2. The van der Waals surface area contributed by atoms with Crippen molar-refractivity contribution in [3.05, 3.63) is 53.3 Å². The van der Waals surface area contributed by atoms with Crippen molar-refractivity contribution in [3.8, 4) is 0 Å². The van der Waals surface area contributed by atoms with Gasteiger partial charge in [-0.1, -0.05) is 30.3 Å². The predicted octanol–water partition coefficient (Wildman–Crippen LogP) is 2.91. The molecule has 1 aromatic heterocycles. The summed E-state index contributed by atoms with van der Waals surface area (Å²) in [4.78, 5) is 26.6. The van der Waals surface area contributed by atoms with E-state index in [1.54, 1.807) is 0 Å². The smallest absolute Gasteiger partial charge is 0.225 e.